The van der Waals surface area contributed by atoms with E-state index in [1.54, 1.807) is 7.11 Å². The van der Waals surface area contributed by atoms with Crippen LogP contribution in [0.2, 0.25) is 0 Å². The highest BCUT2D eigenvalue weighted by Gasteiger charge is 2.28. The van der Waals surface area contributed by atoms with E-state index in [0.717, 1.165) is 19.3 Å². The van der Waals surface area contributed by atoms with Crippen LogP contribution >= 0.6 is 0 Å². The lowest BCUT2D eigenvalue weighted by Crippen LogP contribution is -2.30. The molecule has 20 heavy (non-hydrogen) atoms. The molecule has 7 nitrogen and oxygen atoms in total. The third kappa shape index (κ3) is 2.88. The number of nitrogens with zero attached hydrogens (tertiary/aromatic N) is 1. The lowest BCUT2D eigenvalue weighted by atomic mass is 10.1. The van der Waals surface area contributed by atoms with E-state index in [1.807, 2.05) is 0 Å². The molecule has 1 aliphatic carbocycles. The number of nitrogens with one attached hydrogen (secondary N) is 1. The van der Waals surface area contributed by atoms with Crippen LogP contribution in [0.25, 0.3) is 0 Å². The molecular weight excluding hydrogens is 264 g/mol. The van der Waals surface area contributed by atoms with Crippen molar-refractivity contribution in [1.29, 1.82) is 0 Å². The van der Waals surface area contributed by atoms with Crippen molar-refractivity contribution in [2.75, 3.05) is 12.4 Å². The number of methoxy groups -OCH3 is 1. The van der Waals surface area contributed by atoms with Crippen LogP contribution in [-0.4, -0.2) is 35.3 Å². The molecule has 0 amide bonds. The van der Waals surface area contributed by atoms with Crippen LogP contribution < -0.4 is 5.32 Å². The topological polar surface area (TPSA) is 102 Å². The standard InChI is InChI=1S/C13H16N2O5/c1-20-12-4-2-3-10(12)14-11-7-8(15(18)19)5-6-9(11)13(16)17/h5-7,10,12,14H,2-4H2,1H3,(H,16,17). The predicted octanol–water partition coefficient (Wildman–Crippen LogP) is 2.27. The highest BCUT2D eigenvalue weighted by atomic mass is 16.6. The molecule has 2 rings (SSSR count). The summed E-state index contributed by atoms with van der Waals surface area (Å²) in [7, 11) is 1.61. The van der Waals surface area contributed by atoms with Gasteiger partial charge >= 0.3 is 5.97 Å². The zero-order valence-corrected chi connectivity index (χ0v) is 11.0. The second kappa shape index (κ2) is 5.87. The Morgan fingerprint density at radius 1 is 1.50 bits per heavy atom. The summed E-state index contributed by atoms with van der Waals surface area (Å²) in [6.07, 6.45) is 2.72. The summed E-state index contributed by atoms with van der Waals surface area (Å²) in [5.41, 5.74) is 0.155. The second-order valence-electron chi connectivity index (χ2n) is 4.75. The van der Waals surface area contributed by atoms with Gasteiger partial charge in [-0.2, -0.15) is 0 Å². The Balaban J connectivity index is 2.30. The minimum atomic E-state index is -1.12. The maximum absolute atomic E-state index is 11.2. The highest BCUT2D eigenvalue weighted by Crippen LogP contribution is 2.29. The maximum atomic E-state index is 11.2. The van der Waals surface area contributed by atoms with Crippen LogP contribution in [0.4, 0.5) is 11.4 Å². The molecule has 2 unspecified atom stereocenters. The summed E-state index contributed by atoms with van der Waals surface area (Å²) in [6.45, 7) is 0. The first-order valence-corrected chi connectivity index (χ1v) is 6.34. The molecule has 0 radical (unpaired) electrons. The quantitative estimate of drug-likeness (QED) is 0.633. The van der Waals surface area contributed by atoms with Gasteiger partial charge in [-0.3, -0.25) is 10.1 Å². The Labute approximate surface area is 115 Å². The van der Waals surface area contributed by atoms with Gasteiger partial charge in [0.15, 0.2) is 0 Å². The third-order valence-corrected chi connectivity index (χ3v) is 3.54. The normalized spacial score (nSPS) is 21.6. The molecule has 1 aliphatic rings. The number of ether oxygens (including phenoxy) is 1. The molecule has 0 saturated heterocycles. The van der Waals surface area contributed by atoms with Crippen molar-refractivity contribution < 1.29 is 19.6 Å². The van der Waals surface area contributed by atoms with Crippen molar-refractivity contribution in [3.05, 3.63) is 33.9 Å². The number of benzene rings is 1. The first-order valence-electron chi connectivity index (χ1n) is 6.34. The van der Waals surface area contributed by atoms with Gasteiger partial charge in [-0.15, -0.1) is 0 Å². The predicted molar refractivity (Wildman–Crippen MR) is 72.1 cm³/mol. The van der Waals surface area contributed by atoms with E-state index in [9.17, 15) is 14.9 Å². The molecule has 0 heterocycles. The molecule has 1 aromatic rings. The number of hydrogen-bond acceptors (Lipinski definition) is 5. The van der Waals surface area contributed by atoms with Crippen molar-refractivity contribution in [2.24, 2.45) is 0 Å². The SMILES string of the molecule is COC1CCCC1Nc1cc([N+](=O)[O-])ccc1C(=O)O. The Morgan fingerprint density at radius 2 is 2.25 bits per heavy atom. The summed E-state index contributed by atoms with van der Waals surface area (Å²) in [5.74, 6) is -1.12. The van der Waals surface area contributed by atoms with Crippen LogP contribution in [0, 0.1) is 10.1 Å². The first-order chi connectivity index (χ1) is 9.52. The second-order valence-corrected chi connectivity index (χ2v) is 4.75. The van der Waals surface area contributed by atoms with Crippen LogP contribution in [0.5, 0.6) is 0 Å². The summed E-state index contributed by atoms with van der Waals surface area (Å²) in [6, 6.07) is 3.67. The van der Waals surface area contributed by atoms with Gasteiger partial charge in [0.1, 0.15) is 0 Å². The van der Waals surface area contributed by atoms with Crippen molar-refractivity contribution in [2.45, 2.75) is 31.4 Å². The van der Waals surface area contributed by atoms with E-state index in [2.05, 4.69) is 5.32 Å². The minimum absolute atomic E-state index is 0.00379. The minimum Gasteiger partial charge on any atom is -0.478 e. The molecular formula is C13H16N2O5. The van der Waals surface area contributed by atoms with Gasteiger partial charge in [-0.05, 0) is 25.3 Å². The van der Waals surface area contributed by atoms with Crippen LogP contribution in [-0.2, 0) is 4.74 Å². The number of carboxylic acid groups (broad SMARTS) is 1. The Kier molecular flexibility index (Phi) is 4.19. The van der Waals surface area contributed by atoms with Crippen molar-refractivity contribution in [3.63, 3.8) is 0 Å². The number of nitro benzene ring substituents is 1. The monoisotopic (exact) mass is 280 g/mol. The van der Waals surface area contributed by atoms with Gasteiger partial charge in [0.05, 0.1) is 28.3 Å². The van der Waals surface area contributed by atoms with E-state index in [-0.39, 0.29) is 29.1 Å². The van der Waals surface area contributed by atoms with Gasteiger partial charge in [0, 0.05) is 19.2 Å². The van der Waals surface area contributed by atoms with Gasteiger partial charge in [-0.1, -0.05) is 0 Å². The number of non-ortho nitro benzene ring substituents is 1. The molecule has 2 atom stereocenters. The highest BCUT2D eigenvalue weighted by molar-refractivity contribution is 5.94. The molecule has 1 saturated carbocycles. The average molecular weight is 280 g/mol. The fourth-order valence-corrected chi connectivity index (χ4v) is 2.52. The van der Waals surface area contributed by atoms with Gasteiger partial charge in [0.25, 0.3) is 5.69 Å². The number of nitro groups is 1. The number of aromatic carboxylic acids is 1. The lowest BCUT2D eigenvalue weighted by Gasteiger charge is -2.21. The molecule has 0 aromatic heterocycles. The summed E-state index contributed by atoms with van der Waals surface area (Å²) in [5, 5.41) is 23.0. The van der Waals surface area contributed by atoms with Crippen molar-refractivity contribution in [1.82, 2.24) is 0 Å². The number of hydrogen-bond donors (Lipinski definition) is 2. The van der Waals surface area contributed by atoms with E-state index in [0.29, 0.717) is 0 Å². The number of carbonyl (C=O) groups is 1. The van der Waals surface area contributed by atoms with Crippen LogP contribution in [0.3, 0.4) is 0 Å². The summed E-state index contributed by atoms with van der Waals surface area (Å²) < 4.78 is 5.33. The molecule has 0 aliphatic heterocycles. The van der Waals surface area contributed by atoms with E-state index in [1.165, 1.54) is 18.2 Å². The van der Waals surface area contributed by atoms with Crippen LogP contribution in [0.1, 0.15) is 29.6 Å². The Hall–Kier alpha value is -2.15. The Morgan fingerprint density at radius 3 is 2.85 bits per heavy atom. The number of carboxylic acids is 1. The molecule has 1 fully saturated rings. The fourth-order valence-electron chi connectivity index (χ4n) is 2.52. The first kappa shape index (κ1) is 14.3. The molecule has 7 heteroatoms. The van der Waals surface area contributed by atoms with Crippen LogP contribution in [0.15, 0.2) is 18.2 Å². The van der Waals surface area contributed by atoms with Gasteiger partial charge < -0.3 is 15.2 Å². The molecule has 0 spiro atoms. The maximum Gasteiger partial charge on any atom is 0.337 e. The van der Waals surface area contributed by atoms with E-state index < -0.39 is 10.9 Å². The molecule has 1 aromatic carbocycles. The number of anilines is 1. The third-order valence-electron chi connectivity index (χ3n) is 3.54. The zero-order chi connectivity index (χ0) is 14.7. The summed E-state index contributed by atoms with van der Waals surface area (Å²) >= 11 is 0. The zero-order valence-electron chi connectivity index (χ0n) is 11.0. The lowest BCUT2D eigenvalue weighted by molar-refractivity contribution is -0.384. The Bertz CT molecular complexity index is 531. The fraction of sp³-hybridized carbons (Fsp3) is 0.462. The van der Waals surface area contributed by atoms with Gasteiger partial charge in [-0.25, -0.2) is 4.79 Å². The van der Waals surface area contributed by atoms with E-state index >= 15 is 0 Å². The largest absolute Gasteiger partial charge is 0.478 e. The van der Waals surface area contributed by atoms with Crippen molar-refractivity contribution >= 4 is 17.3 Å². The van der Waals surface area contributed by atoms with E-state index in [4.69, 9.17) is 9.84 Å². The number of rotatable bonds is 5. The smallest absolute Gasteiger partial charge is 0.337 e. The summed E-state index contributed by atoms with van der Waals surface area (Å²) in [4.78, 5) is 21.4. The average Bonchev–Trinajstić information content (AvgIpc) is 2.85. The molecule has 108 valence electrons. The molecule has 2 N–H and O–H groups in total. The molecule has 0 bridgehead atoms. The van der Waals surface area contributed by atoms with Crippen molar-refractivity contribution in [3.8, 4) is 0 Å². The van der Waals surface area contributed by atoms with Gasteiger partial charge in [0.2, 0.25) is 0 Å².